The molecule has 1 heterocycles. The van der Waals surface area contributed by atoms with E-state index in [-0.39, 0.29) is 22.0 Å². The number of carbonyl (C=O) groups excluding carboxylic acids is 1. The molecular formula is C12H18N2O4S. The van der Waals surface area contributed by atoms with Crippen LogP contribution in [0.2, 0.25) is 0 Å². The number of furan rings is 1. The lowest BCUT2D eigenvalue weighted by atomic mass is 10.0. The molecule has 1 aromatic heterocycles. The van der Waals surface area contributed by atoms with Gasteiger partial charge < -0.3 is 9.73 Å². The molecule has 1 saturated carbocycles. The minimum absolute atomic E-state index is 0.0188. The molecule has 0 saturated heterocycles. The minimum Gasteiger partial charge on any atom is -0.455 e. The van der Waals surface area contributed by atoms with Crippen LogP contribution in [0.3, 0.4) is 0 Å². The number of carbonyl (C=O) groups is 1. The number of aryl methyl sites for hydroxylation is 1. The smallest absolute Gasteiger partial charge is 0.287 e. The van der Waals surface area contributed by atoms with E-state index in [0.717, 1.165) is 25.7 Å². The van der Waals surface area contributed by atoms with Gasteiger partial charge in [0.05, 0.1) is 0 Å². The van der Waals surface area contributed by atoms with Crippen molar-refractivity contribution in [3.63, 3.8) is 0 Å². The summed E-state index contributed by atoms with van der Waals surface area (Å²) in [6.07, 6.45) is 3.99. The highest BCUT2D eigenvalue weighted by Crippen LogP contribution is 2.29. The van der Waals surface area contributed by atoms with Gasteiger partial charge in [0, 0.05) is 11.6 Å². The van der Waals surface area contributed by atoms with Crippen molar-refractivity contribution in [1.29, 1.82) is 0 Å². The van der Waals surface area contributed by atoms with Crippen molar-refractivity contribution in [2.24, 2.45) is 5.14 Å². The summed E-state index contributed by atoms with van der Waals surface area (Å²) >= 11 is 0. The molecule has 0 aromatic carbocycles. The summed E-state index contributed by atoms with van der Waals surface area (Å²) in [7, 11) is -3.86. The van der Waals surface area contributed by atoms with Gasteiger partial charge in [0.25, 0.3) is 5.91 Å². The molecular weight excluding hydrogens is 268 g/mol. The van der Waals surface area contributed by atoms with Crippen LogP contribution in [0.1, 0.15) is 48.9 Å². The van der Waals surface area contributed by atoms with E-state index in [0.29, 0.717) is 0 Å². The standard InChI is InChI=1S/C12H18N2O4S/c1-8-10(19(13,16)17)7-9(18-8)11(15)14-12(2)5-3-4-6-12/h7H,3-6H2,1-2H3,(H,14,15)(H2,13,16,17). The first-order chi connectivity index (χ1) is 8.71. The van der Waals surface area contributed by atoms with Gasteiger partial charge in [0.2, 0.25) is 10.0 Å². The predicted octanol–water partition coefficient (Wildman–Crippen LogP) is 1.30. The zero-order valence-electron chi connectivity index (χ0n) is 11.0. The van der Waals surface area contributed by atoms with Crippen molar-refractivity contribution in [2.45, 2.75) is 50.0 Å². The lowest BCUT2D eigenvalue weighted by Crippen LogP contribution is -2.43. The maximum atomic E-state index is 12.1. The van der Waals surface area contributed by atoms with Crippen LogP contribution in [0.25, 0.3) is 0 Å². The van der Waals surface area contributed by atoms with Crippen LogP contribution in [0.15, 0.2) is 15.4 Å². The Morgan fingerprint density at radius 1 is 1.42 bits per heavy atom. The molecule has 0 radical (unpaired) electrons. The largest absolute Gasteiger partial charge is 0.455 e. The van der Waals surface area contributed by atoms with Gasteiger partial charge in [0.1, 0.15) is 10.7 Å². The second-order valence-corrected chi connectivity index (χ2v) is 6.83. The Morgan fingerprint density at radius 2 is 2.00 bits per heavy atom. The summed E-state index contributed by atoms with van der Waals surface area (Å²) < 4.78 is 27.8. The molecule has 1 aliphatic rings. The summed E-state index contributed by atoms with van der Waals surface area (Å²) in [6, 6.07) is 1.18. The van der Waals surface area contributed by atoms with E-state index in [2.05, 4.69) is 5.32 Å². The molecule has 0 spiro atoms. The molecule has 1 aliphatic carbocycles. The van der Waals surface area contributed by atoms with E-state index in [9.17, 15) is 13.2 Å². The number of primary sulfonamides is 1. The first-order valence-corrected chi connectivity index (χ1v) is 7.72. The van der Waals surface area contributed by atoms with Gasteiger partial charge in [-0.05, 0) is 26.7 Å². The van der Waals surface area contributed by atoms with Crippen LogP contribution in [-0.4, -0.2) is 19.9 Å². The van der Waals surface area contributed by atoms with Crippen LogP contribution in [0.4, 0.5) is 0 Å². The fourth-order valence-electron chi connectivity index (χ4n) is 2.48. The van der Waals surface area contributed by atoms with Crippen molar-refractivity contribution in [3.05, 3.63) is 17.6 Å². The third-order valence-corrected chi connectivity index (χ3v) is 4.54. The number of sulfonamides is 1. The Hall–Kier alpha value is -1.34. The monoisotopic (exact) mass is 286 g/mol. The van der Waals surface area contributed by atoms with E-state index in [4.69, 9.17) is 9.56 Å². The van der Waals surface area contributed by atoms with Crippen molar-refractivity contribution in [2.75, 3.05) is 0 Å². The van der Waals surface area contributed by atoms with Gasteiger partial charge in [0.15, 0.2) is 5.76 Å². The second-order valence-electron chi connectivity index (χ2n) is 5.30. The van der Waals surface area contributed by atoms with Crippen molar-refractivity contribution < 1.29 is 17.6 Å². The molecule has 0 aliphatic heterocycles. The average molecular weight is 286 g/mol. The van der Waals surface area contributed by atoms with Gasteiger partial charge in [-0.15, -0.1) is 0 Å². The number of hydrogen-bond acceptors (Lipinski definition) is 4. The second kappa shape index (κ2) is 4.64. The predicted molar refractivity (Wildman–Crippen MR) is 69.2 cm³/mol. The molecule has 7 heteroatoms. The Labute approximate surface area is 112 Å². The van der Waals surface area contributed by atoms with Gasteiger partial charge in [-0.3, -0.25) is 4.79 Å². The normalized spacial score (nSPS) is 18.5. The number of nitrogens with two attached hydrogens (primary N) is 1. The van der Waals surface area contributed by atoms with Crippen LogP contribution in [0.5, 0.6) is 0 Å². The van der Waals surface area contributed by atoms with Gasteiger partial charge in [-0.1, -0.05) is 12.8 Å². The lowest BCUT2D eigenvalue weighted by Gasteiger charge is -2.24. The van der Waals surface area contributed by atoms with Gasteiger partial charge in [-0.25, -0.2) is 13.6 Å². The molecule has 1 amide bonds. The molecule has 1 aromatic rings. The topological polar surface area (TPSA) is 102 Å². The lowest BCUT2D eigenvalue weighted by molar-refractivity contribution is 0.0878. The molecule has 1 fully saturated rings. The Morgan fingerprint density at radius 3 is 2.47 bits per heavy atom. The number of amides is 1. The van der Waals surface area contributed by atoms with E-state index >= 15 is 0 Å². The number of hydrogen-bond donors (Lipinski definition) is 2. The summed E-state index contributed by atoms with van der Waals surface area (Å²) in [4.78, 5) is 11.9. The fraction of sp³-hybridized carbons (Fsp3) is 0.583. The first kappa shape index (κ1) is 14.1. The quantitative estimate of drug-likeness (QED) is 0.874. The van der Waals surface area contributed by atoms with Crippen LogP contribution in [0, 0.1) is 6.92 Å². The molecule has 0 atom stereocenters. The third-order valence-electron chi connectivity index (χ3n) is 3.52. The van der Waals surface area contributed by atoms with Crippen LogP contribution < -0.4 is 10.5 Å². The molecule has 6 nitrogen and oxygen atoms in total. The van der Waals surface area contributed by atoms with Gasteiger partial charge >= 0.3 is 0 Å². The summed E-state index contributed by atoms with van der Waals surface area (Å²) in [5.41, 5.74) is -0.237. The number of rotatable bonds is 3. The van der Waals surface area contributed by atoms with E-state index in [1.807, 2.05) is 6.92 Å². The zero-order chi connectivity index (χ0) is 14.3. The van der Waals surface area contributed by atoms with Crippen molar-refractivity contribution >= 4 is 15.9 Å². The zero-order valence-corrected chi connectivity index (χ0v) is 11.8. The first-order valence-electron chi connectivity index (χ1n) is 6.17. The van der Waals surface area contributed by atoms with Crippen molar-refractivity contribution in [1.82, 2.24) is 5.32 Å². The molecule has 0 bridgehead atoms. The molecule has 3 N–H and O–H groups in total. The maximum absolute atomic E-state index is 12.1. The van der Waals surface area contributed by atoms with E-state index in [1.54, 1.807) is 0 Å². The van der Waals surface area contributed by atoms with E-state index < -0.39 is 15.9 Å². The minimum atomic E-state index is -3.86. The Balaban J connectivity index is 2.21. The number of nitrogens with one attached hydrogen (secondary N) is 1. The highest BCUT2D eigenvalue weighted by Gasteiger charge is 2.32. The molecule has 0 unspecified atom stereocenters. The van der Waals surface area contributed by atoms with Crippen LogP contribution >= 0.6 is 0 Å². The molecule has 19 heavy (non-hydrogen) atoms. The maximum Gasteiger partial charge on any atom is 0.287 e. The Bertz CT molecular complexity index is 597. The highest BCUT2D eigenvalue weighted by atomic mass is 32.2. The van der Waals surface area contributed by atoms with Crippen molar-refractivity contribution in [3.8, 4) is 0 Å². The average Bonchev–Trinajstić information content (AvgIpc) is 2.84. The molecule has 106 valence electrons. The summed E-state index contributed by atoms with van der Waals surface area (Å²) in [6.45, 7) is 3.45. The van der Waals surface area contributed by atoms with Crippen LogP contribution in [-0.2, 0) is 10.0 Å². The third kappa shape index (κ3) is 2.98. The Kier molecular flexibility index (Phi) is 3.44. The molecule has 2 rings (SSSR count). The summed E-state index contributed by atoms with van der Waals surface area (Å²) in [5.74, 6) is -0.290. The summed E-state index contributed by atoms with van der Waals surface area (Å²) in [5, 5.41) is 7.94. The highest BCUT2D eigenvalue weighted by molar-refractivity contribution is 7.89. The van der Waals surface area contributed by atoms with Gasteiger partial charge in [-0.2, -0.15) is 0 Å². The SMILES string of the molecule is Cc1oc(C(=O)NC2(C)CCCC2)cc1S(N)(=O)=O. The van der Waals surface area contributed by atoms with E-state index in [1.165, 1.54) is 13.0 Å². The fourth-order valence-corrected chi connectivity index (χ4v) is 3.19.